The van der Waals surface area contributed by atoms with Gasteiger partial charge in [-0.3, -0.25) is 4.79 Å². The number of hydrogen-bond acceptors (Lipinski definition) is 4. The summed E-state index contributed by atoms with van der Waals surface area (Å²) in [6.07, 6.45) is 1.82. The first-order chi connectivity index (χ1) is 11.1. The lowest BCUT2D eigenvalue weighted by molar-refractivity contribution is -0.115. The van der Waals surface area contributed by atoms with Crippen LogP contribution in [0.4, 0.5) is 0 Å². The van der Waals surface area contributed by atoms with Gasteiger partial charge in [-0.2, -0.15) is 0 Å². The fourth-order valence-corrected chi connectivity index (χ4v) is 3.52. The molecule has 0 bridgehead atoms. The van der Waals surface area contributed by atoms with E-state index >= 15 is 0 Å². The molecule has 1 heterocycles. The van der Waals surface area contributed by atoms with E-state index in [2.05, 4.69) is 21.2 Å². The third-order valence-electron chi connectivity index (χ3n) is 3.11. The minimum atomic E-state index is -0.144. The van der Waals surface area contributed by atoms with Gasteiger partial charge in [-0.25, -0.2) is 0 Å². The zero-order chi connectivity index (χ0) is 16.2. The molecule has 1 saturated heterocycles. The van der Waals surface area contributed by atoms with E-state index in [1.807, 2.05) is 54.6 Å². The Morgan fingerprint density at radius 3 is 2.65 bits per heavy atom. The van der Waals surface area contributed by atoms with E-state index in [4.69, 9.17) is 17.0 Å². The Morgan fingerprint density at radius 2 is 2.00 bits per heavy atom. The number of rotatable bonds is 4. The SMILES string of the molecule is O=C1NC(=S)S/C1=C/c1ccc(OCc2cccc(Br)c2)cc1. The molecule has 1 aliphatic rings. The van der Waals surface area contributed by atoms with Crippen LogP contribution in [0.3, 0.4) is 0 Å². The number of ether oxygens (including phenoxy) is 1. The molecule has 0 saturated carbocycles. The minimum absolute atomic E-state index is 0.144. The summed E-state index contributed by atoms with van der Waals surface area (Å²) in [7, 11) is 0. The quantitative estimate of drug-likeness (QED) is 0.599. The van der Waals surface area contributed by atoms with Gasteiger partial charge in [0.25, 0.3) is 5.91 Å². The molecule has 1 amide bonds. The molecule has 2 aromatic rings. The number of nitrogens with one attached hydrogen (secondary N) is 1. The average Bonchev–Trinajstić information content (AvgIpc) is 2.84. The summed E-state index contributed by atoms with van der Waals surface area (Å²) in [6, 6.07) is 15.6. The van der Waals surface area contributed by atoms with Crippen molar-refractivity contribution in [2.45, 2.75) is 6.61 Å². The smallest absolute Gasteiger partial charge is 0.263 e. The summed E-state index contributed by atoms with van der Waals surface area (Å²) >= 11 is 9.69. The van der Waals surface area contributed by atoms with Crippen LogP contribution in [0, 0.1) is 0 Å². The molecule has 2 aromatic carbocycles. The van der Waals surface area contributed by atoms with Crippen molar-refractivity contribution in [1.82, 2.24) is 5.32 Å². The summed E-state index contributed by atoms with van der Waals surface area (Å²) in [5, 5.41) is 2.60. The van der Waals surface area contributed by atoms with Crippen LogP contribution < -0.4 is 10.1 Å². The van der Waals surface area contributed by atoms with Crippen molar-refractivity contribution in [3.8, 4) is 5.75 Å². The van der Waals surface area contributed by atoms with Crippen molar-refractivity contribution in [2.24, 2.45) is 0 Å². The molecular weight excluding hydrogens is 394 g/mol. The number of halogens is 1. The lowest BCUT2D eigenvalue weighted by Gasteiger charge is -2.07. The predicted octanol–water partition coefficient (Wildman–Crippen LogP) is 4.52. The molecule has 3 rings (SSSR count). The van der Waals surface area contributed by atoms with Gasteiger partial charge in [0.05, 0.1) is 4.91 Å². The number of amides is 1. The molecule has 1 fully saturated rings. The lowest BCUT2D eigenvalue weighted by Crippen LogP contribution is -2.17. The Kier molecular flexibility index (Phi) is 5.15. The third kappa shape index (κ3) is 4.43. The first kappa shape index (κ1) is 16.2. The van der Waals surface area contributed by atoms with E-state index in [-0.39, 0.29) is 5.91 Å². The van der Waals surface area contributed by atoms with Gasteiger partial charge < -0.3 is 10.1 Å². The topological polar surface area (TPSA) is 38.3 Å². The van der Waals surface area contributed by atoms with Gasteiger partial charge in [0.15, 0.2) is 0 Å². The number of carbonyl (C=O) groups is 1. The van der Waals surface area contributed by atoms with Crippen LogP contribution in [-0.2, 0) is 11.4 Å². The number of thiocarbonyl (C=S) groups is 1. The van der Waals surface area contributed by atoms with Gasteiger partial charge >= 0.3 is 0 Å². The van der Waals surface area contributed by atoms with Gasteiger partial charge in [-0.05, 0) is 41.5 Å². The summed E-state index contributed by atoms with van der Waals surface area (Å²) in [5.41, 5.74) is 2.03. The lowest BCUT2D eigenvalue weighted by atomic mass is 10.2. The van der Waals surface area contributed by atoms with Crippen LogP contribution in [0.2, 0.25) is 0 Å². The maximum absolute atomic E-state index is 11.6. The molecule has 0 radical (unpaired) electrons. The molecule has 0 spiro atoms. The number of carbonyl (C=O) groups excluding carboxylic acids is 1. The van der Waals surface area contributed by atoms with Crippen molar-refractivity contribution in [2.75, 3.05) is 0 Å². The highest BCUT2D eigenvalue weighted by molar-refractivity contribution is 9.10. The maximum Gasteiger partial charge on any atom is 0.263 e. The van der Waals surface area contributed by atoms with Crippen LogP contribution in [0.5, 0.6) is 5.75 Å². The Bertz CT molecular complexity index is 787. The maximum atomic E-state index is 11.6. The largest absolute Gasteiger partial charge is 0.489 e. The monoisotopic (exact) mass is 405 g/mol. The van der Waals surface area contributed by atoms with Crippen molar-refractivity contribution < 1.29 is 9.53 Å². The molecule has 0 aliphatic carbocycles. The first-order valence-electron chi connectivity index (χ1n) is 6.82. The molecule has 0 atom stereocenters. The van der Waals surface area contributed by atoms with E-state index in [0.717, 1.165) is 21.3 Å². The van der Waals surface area contributed by atoms with Gasteiger partial charge in [-0.1, -0.05) is 64.2 Å². The molecule has 1 N–H and O–H groups in total. The van der Waals surface area contributed by atoms with Crippen LogP contribution in [-0.4, -0.2) is 10.2 Å². The molecule has 0 aromatic heterocycles. The van der Waals surface area contributed by atoms with Crippen molar-refractivity contribution >= 4 is 56.2 Å². The molecular formula is C17H12BrNO2S2. The molecule has 3 nitrogen and oxygen atoms in total. The molecule has 23 heavy (non-hydrogen) atoms. The second-order valence-corrected chi connectivity index (χ2v) is 7.47. The highest BCUT2D eigenvalue weighted by Crippen LogP contribution is 2.26. The van der Waals surface area contributed by atoms with E-state index in [1.165, 1.54) is 11.8 Å². The van der Waals surface area contributed by atoms with Crippen molar-refractivity contribution in [1.29, 1.82) is 0 Å². The summed E-state index contributed by atoms with van der Waals surface area (Å²) in [5.74, 6) is 0.640. The summed E-state index contributed by atoms with van der Waals surface area (Å²) in [6.45, 7) is 0.506. The minimum Gasteiger partial charge on any atom is -0.489 e. The standard InChI is InChI=1S/C17H12BrNO2S2/c18-13-3-1-2-12(8-13)10-21-14-6-4-11(5-7-14)9-15-16(20)19-17(22)23-15/h1-9H,10H2,(H,19,20,22)/b15-9+. The first-order valence-corrected chi connectivity index (χ1v) is 8.84. The molecule has 6 heteroatoms. The molecule has 1 aliphatic heterocycles. The molecule has 0 unspecified atom stereocenters. The second-order valence-electron chi connectivity index (χ2n) is 4.84. The Morgan fingerprint density at radius 1 is 1.22 bits per heavy atom. The van der Waals surface area contributed by atoms with Gasteiger partial charge in [0, 0.05) is 4.47 Å². The van der Waals surface area contributed by atoms with Crippen LogP contribution in [0.15, 0.2) is 57.9 Å². The van der Waals surface area contributed by atoms with Crippen LogP contribution >= 0.6 is 39.9 Å². The van der Waals surface area contributed by atoms with Gasteiger partial charge in [0.1, 0.15) is 16.7 Å². The fraction of sp³-hybridized carbons (Fsp3) is 0.0588. The zero-order valence-corrected chi connectivity index (χ0v) is 15.1. The highest BCUT2D eigenvalue weighted by Gasteiger charge is 2.21. The summed E-state index contributed by atoms with van der Waals surface area (Å²) in [4.78, 5) is 12.2. The Balaban J connectivity index is 1.64. The average molecular weight is 406 g/mol. The van der Waals surface area contributed by atoms with Gasteiger partial charge in [0.2, 0.25) is 0 Å². The Labute approximate surface area is 152 Å². The fourth-order valence-electron chi connectivity index (χ4n) is 2.03. The number of thioether (sulfide) groups is 1. The van der Waals surface area contributed by atoms with Crippen LogP contribution in [0.25, 0.3) is 6.08 Å². The third-order valence-corrected chi connectivity index (χ3v) is 4.77. The zero-order valence-electron chi connectivity index (χ0n) is 11.9. The van der Waals surface area contributed by atoms with E-state index in [1.54, 1.807) is 0 Å². The Hall–Kier alpha value is -1.63. The van der Waals surface area contributed by atoms with Crippen LogP contribution in [0.1, 0.15) is 11.1 Å². The van der Waals surface area contributed by atoms with Gasteiger partial charge in [-0.15, -0.1) is 0 Å². The van der Waals surface area contributed by atoms with E-state index in [9.17, 15) is 4.79 Å². The van der Waals surface area contributed by atoms with Crippen molar-refractivity contribution in [3.63, 3.8) is 0 Å². The van der Waals surface area contributed by atoms with E-state index in [0.29, 0.717) is 15.8 Å². The number of hydrogen-bond donors (Lipinski definition) is 1. The predicted molar refractivity (Wildman–Crippen MR) is 101 cm³/mol. The second kappa shape index (κ2) is 7.29. The normalized spacial score (nSPS) is 15.8. The molecule has 116 valence electrons. The van der Waals surface area contributed by atoms with E-state index < -0.39 is 0 Å². The van der Waals surface area contributed by atoms with Crippen molar-refractivity contribution in [3.05, 3.63) is 69.0 Å². The summed E-state index contributed by atoms with van der Waals surface area (Å²) < 4.78 is 7.29. The highest BCUT2D eigenvalue weighted by atomic mass is 79.9. The number of benzene rings is 2.